The molecule has 0 unspecified atom stereocenters. The number of rotatable bonds is 7. The first-order valence-electron chi connectivity index (χ1n) is 10.8. The number of fused-ring (bicyclic) bond motifs is 1. The molecule has 0 aliphatic rings. The zero-order chi connectivity index (χ0) is 22.6. The Morgan fingerprint density at radius 3 is 2.61 bits per heavy atom. The van der Waals surface area contributed by atoms with Crippen LogP contribution in [0.25, 0.3) is 20.8 Å². The summed E-state index contributed by atoms with van der Waals surface area (Å²) >= 11 is 7.96. The summed E-state index contributed by atoms with van der Waals surface area (Å²) in [6.45, 7) is 3.27. The van der Waals surface area contributed by atoms with Crippen LogP contribution in [0.3, 0.4) is 0 Å². The largest absolute Gasteiger partial charge is 0.489 e. The number of aryl methyl sites for hydroxylation is 1. The second-order valence-corrected chi connectivity index (χ2v) is 9.39. The van der Waals surface area contributed by atoms with Gasteiger partial charge in [0.2, 0.25) is 0 Å². The monoisotopic (exact) mass is 470 g/mol. The first kappa shape index (κ1) is 21.5. The van der Waals surface area contributed by atoms with E-state index in [0.717, 1.165) is 43.7 Å². The maximum atomic E-state index is 6.22. The normalized spacial score (nSPS) is 11.0. The molecule has 5 aromatic rings. The summed E-state index contributed by atoms with van der Waals surface area (Å²) in [6.07, 6.45) is 0. The average Bonchev–Trinajstić information content (AvgIpc) is 3.26. The van der Waals surface area contributed by atoms with Crippen LogP contribution >= 0.6 is 22.9 Å². The minimum atomic E-state index is 0.448. The topological polar surface area (TPSA) is 34.2 Å². The number of nitrogens with one attached hydrogen (secondary N) is 1. The van der Waals surface area contributed by atoms with E-state index in [4.69, 9.17) is 21.3 Å². The summed E-state index contributed by atoms with van der Waals surface area (Å²) in [7, 11) is 0. The fourth-order valence-electron chi connectivity index (χ4n) is 3.61. The lowest BCUT2D eigenvalue weighted by Gasteiger charge is -2.11. The molecule has 1 aromatic heterocycles. The van der Waals surface area contributed by atoms with Gasteiger partial charge in [-0.05, 0) is 72.6 Å². The van der Waals surface area contributed by atoms with Gasteiger partial charge in [-0.25, -0.2) is 4.98 Å². The zero-order valence-corrected chi connectivity index (χ0v) is 19.8. The Hall–Kier alpha value is -3.34. The van der Waals surface area contributed by atoms with Gasteiger partial charge in [0.25, 0.3) is 0 Å². The van der Waals surface area contributed by atoms with E-state index >= 15 is 0 Å². The van der Waals surface area contributed by atoms with Gasteiger partial charge in [0.1, 0.15) is 17.4 Å². The predicted octanol–water partition coefficient (Wildman–Crippen LogP) is 8.12. The molecule has 4 aromatic carbocycles. The maximum Gasteiger partial charge on any atom is 0.124 e. The highest BCUT2D eigenvalue weighted by atomic mass is 35.5. The van der Waals surface area contributed by atoms with Crippen molar-refractivity contribution in [2.24, 2.45) is 0 Å². The molecule has 0 aliphatic heterocycles. The van der Waals surface area contributed by atoms with Crippen molar-refractivity contribution in [3.8, 4) is 16.3 Å². The number of anilines is 1. The Kier molecular flexibility index (Phi) is 6.29. The van der Waals surface area contributed by atoms with Crippen molar-refractivity contribution in [1.82, 2.24) is 4.98 Å². The molecular formula is C28H23ClN2OS. The van der Waals surface area contributed by atoms with Gasteiger partial charge in [-0.1, -0.05) is 48.0 Å². The van der Waals surface area contributed by atoms with E-state index in [1.807, 2.05) is 36.4 Å². The smallest absolute Gasteiger partial charge is 0.124 e. The molecule has 33 heavy (non-hydrogen) atoms. The molecule has 0 fully saturated rings. The molecule has 3 nitrogen and oxygen atoms in total. The molecule has 0 aliphatic carbocycles. The number of hydrogen-bond donors (Lipinski definition) is 1. The van der Waals surface area contributed by atoms with Gasteiger partial charge in [-0.2, -0.15) is 0 Å². The van der Waals surface area contributed by atoms with Crippen LogP contribution in [-0.2, 0) is 13.2 Å². The van der Waals surface area contributed by atoms with Crippen LogP contribution in [0.15, 0.2) is 91.0 Å². The number of ether oxygens (including phenoxy) is 1. The van der Waals surface area contributed by atoms with E-state index in [1.165, 1.54) is 10.3 Å². The number of halogens is 1. The average molecular weight is 471 g/mol. The van der Waals surface area contributed by atoms with Crippen LogP contribution in [0.5, 0.6) is 5.75 Å². The third kappa shape index (κ3) is 5.19. The molecule has 0 saturated heterocycles. The van der Waals surface area contributed by atoms with E-state index in [1.54, 1.807) is 11.3 Å². The van der Waals surface area contributed by atoms with Crippen molar-refractivity contribution < 1.29 is 4.74 Å². The van der Waals surface area contributed by atoms with Gasteiger partial charge >= 0.3 is 0 Å². The quantitative estimate of drug-likeness (QED) is 0.261. The van der Waals surface area contributed by atoms with Crippen LogP contribution in [-0.4, -0.2) is 4.98 Å². The molecule has 1 N–H and O–H groups in total. The molecule has 0 amide bonds. The van der Waals surface area contributed by atoms with Gasteiger partial charge in [0.15, 0.2) is 0 Å². The Balaban J connectivity index is 1.21. The number of thiazole rings is 1. The minimum absolute atomic E-state index is 0.448. The fraction of sp³-hybridized carbons (Fsp3) is 0.107. The Labute approximate surface area is 202 Å². The van der Waals surface area contributed by atoms with Crippen LogP contribution in [0.1, 0.15) is 16.7 Å². The van der Waals surface area contributed by atoms with Crippen molar-refractivity contribution >= 4 is 38.8 Å². The summed E-state index contributed by atoms with van der Waals surface area (Å²) < 4.78 is 7.17. The highest BCUT2D eigenvalue weighted by molar-refractivity contribution is 7.21. The number of aromatic nitrogens is 1. The number of nitrogens with zero attached hydrogens (tertiary/aromatic N) is 1. The second-order valence-electron chi connectivity index (χ2n) is 7.95. The van der Waals surface area contributed by atoms with Gasteiger partial charge < -0.3 is 10.1 Å². The standard InChI is InChI=1S/C28H23ClN2OS/c1-19-9-14-26-27(15-19)33-28(31-26)21-10-12-23(13-11-21)30-17-20-5-4-7-24(16-20)32-18-22-6-2-3-8-25(22)29/h2-16,30H,17-18H2,1H3. The molecule has 5 rings (SSSR count). The van der Waals surface area contributed by atoms with Crippen LogP contribution < -0.4 is 10.1 Å². The van der Waals surface area contributed by atoms with Crippen molar-refractivity contribution in [3.63, 3.8) is 0 Å². The Morgan fingerprint density at radius 1 is 0.909 bits per heavy atom. The number of hydrogen-bond acceptors (Lipinski definition) is 4. The van der Waals surface area contributed by atoms with Crippen LogP contribution in [0.4, 0.5) is 5.69 Å². The summed E-state index contributed by atoms with van der Waals surface area (Å²) in [5, 5.41) is 5.26. The molecular weight excluding hydrogens is 448 g/mol. The van der Waals surface area contributed by atoms with Gasteiger partial charge in [0.05, 0.1) is 10.2 Å². The first-order valence-corrected chi connectivity index (χ1v) is 12.0. The van der Waals surface area contributed by atoms with Gasteiger partial charge in [0, 0.05) is 28.4 Å². The third-order valence-electron chi connectivity index (χ3n) is 5.42. The van der Waals surface area contributed by atoms with E-state index in [2.05, 4.69) is 66.8 Å². The predicted molar refractivity (Wildman–Crippen MR) is 139 cm³/mol. The molecule has 164 valence electrons. The first-order chi connectivity index (χ1) is 16.1. The van der Waals surface area contributed by atoms with E-state index < -0.39 is 0 Å². The summed E-state index contributed by atoms with van der Waals surface area (Å²) in [4.78, 5) is 4.78. The molecule has 0 saturated carbocycles. The van der Waals surface area contributed by atoms with Crippen molar-refractivity contribution in [1.29, 1.82) is 0 Å². The molecule has 0 spiro atoms. The number of benzene rings is 4. The highest BCUT2D eigenvalue weighted by Crippen LogP contribution is 2.31. The molecule has 1 heterocycles. The maximum absolute atomic E-state index is 6.22. The molecule has 5 heteroatoms. The van der Waals surface area contributed by atoms with E-state index in [9.17, 15) is 0 Å². The zero-order valence-electron chi connectivity index (χ0n) is 18.2. The molecule has 0 atom stereocenters. The Bertz CT molecular complexity index is 1390. The lowest BCUT2D eigenvalue weighted by atomic mass is 10.2. The highest BCUT2D eigenvalue weighted by Gasteiger charge is 2.07. The summed E-state index contributed by atoms with van der Waals surface area (Å²) in [5.41, 5.74) is 6.64. The second kappa shape index (κ2) is 9.65. The lowest BCUT2D eigenvalue weighted by molar-refractivity contribution is 0.306. The SMILES string of the molecule is Cc1ccc2nc(-c3ccc(NCc4cccc(OCc5ccccc5Cl)c4)cc3)sc2c1. The lowest BCUT2D eigenvalue weighted by Crippen LogP contribution is -2.01. The molecule has 0 radical (unpaired) electrons. The van der Waals surface area contributed by atoms with Crippen molar-refractivity contribution in [3.05, 3.63) is 113 Å². The summed E-state index contributed by atoms with van der Waals surface area (Å²) in [5.74, 6) is 0.829. The van der Waals surface area contributed by atoms with Gasteiger partial charge in [-0.15, -0.1) is 11.3 Å². The Morgan fingerprint density at radius 2 is 1.76 bits per heavy atom. The van der Waals surface area contributed by atoms with Crippen LogP contribution in [0, 0.1) is 6.92 Å². The van der Waals surface area contributed by atoms with E-state index in [-0.39, 0.29) is 0 Å². The summed E-state index contributed by atoms with van der Waals surface area (Å²) in [6, 6.07) is 30.7. The van der Waals surface area contributed by atoms with Crippen molar-refractivity contribution in [2.75, 3.05) is 5.32 Å². The van der Waals surface area contributed by atoms with Crippen LogP contribution in [0.2, 0.25) is 5.02 Å². The van der Waals surface area contributed by atoms with Crippen molar-refractivity contribution in [2.45, 2.75) is 20.1 Å². The van der Waals surface area contributed by atoms with Gasteiger partial charge in [-0.3, -0.25) is 0 Å². The van der Waals surface area contributed by atoms with E-state index in [0.29, 0.717) is 13.2 Å². The fourth-order valence-corrected chi connectivity index (χ4v) is 4.87. The molecule has 0 bridgehead atoms. The minimum Gasteiger partial charge on any atom is -0.489 e. The third-order valence-corrected chi connectivity index (χ3v) is 6.86.